The van der Waals surface area contributed by atoms with Gasteiger partial charge >= 0.3 is 0 Å². The van der Waals surface area contributed by atoms with Gasteiger partial charge in [-0.25, -0.2) is 0 Å². The molecular formula is C13H4Cl6O6. The molecule has 0 heterocycles. The predicted molar refractivity (Wildman–Crippen MR) is 93.6 cm³/mol. The third-order valence-corrected chi connectivity index (χ3v) is 4.68. The minimum atomic E-state index is -0.00537. The van der Waals surface area contributed by atoms with Crippen molar-refractivity contribution >= 4 is 71.2 Å². The minimum absolute atomic E-state index is 0.00537. The summed E-state index contributed by atoms with van der Waals surface area (Å²) in [6, 6.07) is 3.12. The number of halogens is 6. The van der Waals surface area contributed by atoms with Gasteiger partial charge in [0.25, 0.3) is 0 Å². The van der Waals surface area contributed by atoms with Crippen molar-refractivity contribution in [2.24, 2.45) is 0 Å². The Hall–Kier alpha value is -1.02. The highest BCUT2D eigenvalue weighted by molar-refractivity contribution is 6.14. The Bertz CT molecular complexity index is 762. The Morgan fingerprint density at radius 3 is 1.16 bits per heavy atom. The van der Waals surface area contributed by atoms with Crippen LogP contribution in [0.25, 0.3) is 11.1 Å². The van der Waals surface area contributed by atoms with Crippen LogP contribution in [0.15, 0.2) is 12.1 Å². The molecule has 0 aliphatic heterocycles. The molecule has 3 rings (SSSR count). The van der Waals surface area contributed by atoms with Gasteiger partial charge in [0, 0.05) is 17.5 Å². The second-order valence-electron chi connectivity index (χ2n) is 4.76. The number of fused-ring (bicyclic) bond motifs is 3. The van der Waals surface area contributed by atoms with E-state index < -0.39 is 0 Å². The monoisotopic (exact) mass is 466 g/mol. The van der Waals surface area contributed by atoms with Gasteiger partial charge in [0.05, 0.1) is 0 Å². The van der Waals surface area contributed by atoms with Crippen LogP contribution in [0, 0.1) is 0 Å². The van der Waals surface area contributed by atoms with Crippen molar-refractivity contribution in [2.75, 3.05) is 0 Å². The van der Waals surface area contributed by atoms with Crippen molar-refractivity contribution in [3.8, 4) is 45.6 Å². The molecule has 134 valence electrons. The molecule has 0 fully saturated rings. The fourth-order valence-corrected chi connectivity index (χ4v) is 3.59. The first-order valence-electron chi connectivity index (χ1n) is 6.26. The van der Waals surface area contributed by atoms with Crippen LogP contribution in [0.1, 0.15) is 11.1 Å². The SMILES string of the molecule is ClOc1cc2c(c(OCl)c1OCl)Cc1c-2cc(OCl)c(OCl)c1OCl. The molecule has 0 spiro atoms. The predicted octanol–water partition coefficient (Wildman–Crippen LogP) is 6.45. The standard InChI is InChI=1S/C13H4Cl6O6/c14-20-8-2-4-5-3-9(21-15)13(25-19)11(23-17)7(5)1-6(4)10(22-16)12(8)24-18/h2-3H,1H2. The van der Waals surface area contributed by atoms with E-state index in [2.05, 4.69) is 0 Å². The average Bonchev–Trinajstić information content (AvgIpc) is 3.02. The molecule has 0 bridgehead atoms. The van der Waals surface area contributed by atoms with Gasteiger partial charge in [-0.3, -0.25) is 0 Å². The van der Waals surface area contributed by atoms with Gasteiger partial charge in [0.15, 0.2) is 23.0 Å². The molecule has 2 aromatic rings. The Morgan fingerprint density at radius 2 is 0.880 bits per heavy atom. The summed E-state index contributed by atoms with van der Waals surface area (Å²) >= 11 is 33.0. The smallest absolute Gasteiger partial charge is 0.234 e. The third-order valence-electron chi connectivity index (χ3n) is 3.73. The molecule has 1 aliphatic rings. The molecule has 2 aromatic carbocycles. The Kier molecular flexibility index (Phi) is 5.78. The third kappa shape index (κ3) is 2.91. The zero-order valence-corrected chi connectivity index (χ0v) is 16.1. The van der Waals surface area contributed by atoms with Gasteiger partial charge in [-0.2, -0.15) is 0 Å². The molecule has 0 atom stereocenters. The van der Waals surface area contributed by atoms with Crippen LogP contribution in [0.3, 0.4) is 0 Å². The van der Waals surface area contributed by atoms with Crippen LogP contribution in [-0.2, 0) is 6.42 Å². The highest BCUT2D eigenvalue weighted by atomic mass is 35.5. The van der Waals surface area contributed by atoms with E-state index in [4.69, 9.17) is 96.9 Å². The lowest BCUT2D eigenvalue weighted by molar-refractivity contribution is 0.501. The zero-order valence-electron chi connectivity index (χ0n) is 11.6. The molecule has 0 saturated carbocycles. The van der Waals surface area contributed by atoms with E-state index in [0.29, 0.717) is 22.3 Å². The van der Waals surface area contributed by atoms with Crippen molar-refractivity contribution in [1.82, 2.24) is 0 Å². The van der Waals surface area contributed by atoms with Crippen LogP contribution < -0.4 is 25.7 Å². The van der Waals surface area contributed by atoms with Crippen LogP contribution in [-0.4, -0.2) is 0 Å². The van der Waals surface area contributed by atoms with E-state index in [0.717, 1.165) is 0 Å². The van der Waals surface area contributed by atoms with E-state index in [1.54, 1.807) is 12.1 Å². The van der Waals surface area contributed by atoms with Crippen molar-refractivity contribution in [3.05, 3.63) is 23.3 Å². The fourth-order valence-electron chi connectivity index (χ4n) is 2.74. The van der Waals surface area contributed by atoms with Gasteiger partial charge in [-0.05, 0) is 23.3 Å². The van der Waals surface area contributed by atoms with Crippen molar-refractivity contribution in [1.29, 1.82) is 0 Å². The van der Waals surface area contributed by atoms with Crippen molar-refractivity contribution < 1.29 is 25.7 Å². The summed E-state index contributed by atoms with van der Waals surface area (Å²) in [4.78, 5) is 0. The Balaban J connectivity index is 2.33. The lowest BCUT2D eigenvalue weighted by Crippen LogP contribution is -1.93. The molecule has 0 N–H and O–H groups in total. The number of hydrogen-bond acceptors (Lipinski definition) is 6. The summed E-state index contributed by atoms with van der Waals surface area (Å²) in [5, 5.41) is 0. The normalized spacial score (nSPS) is 11.4. The second-order valence-corrected chi connectivity index (χ2v) is 5.68. The van der Waals surface area contributed by atoms with Gasteiger partial charge in [-0.1, -0.05) is 0 Å². The van der Waals surface area contributed by atoms with E-state index >= 15 is 0 Å². The maximum absolute atomic E-state index is 5.57. The summed E-state index contributed by atoms with van der Waals surface area (Å²) in [5.41, 5.74) is 2.43. The van der Waals surface area contributed by atoms with Crippen LogP contribution in [0.5, 0.6) is 34.5 Å². The largest absolute Gasteiger partial charge is 0.381 e. The van der Waals surface area contributed by atoms with Crippen LogP contribution in [0.2, 0.25) is 0 Å². The molecule has 1 aliphatic carbocycles. The van der Waals surface area contributed by atoms with Crippen LogP contribution >= 0.6 is 71.2 Å². The molecule has 12 heteroatoms. The number of hydrogen-bond donors (Lipinski definition) is 0. The molecule has 0 saturated heterocycles. The maximum Gasteiger partial charge on any atom is 0.234 e. The molecular weight excluding hydrogens is 465 g/mol. The topological polar surface area (TPSA) is 55.4 Å². The molecule has 0 radical (unpaired) electrons. The molecule has 0 amide bonds. The summed E-state index contributed by atoms with van der Waals surface area (Å²) in [6.07, 6.45) is 0.264. The lowest BCUT2D eigenvalue weighted by atomic mass is 10.0. The lowest BCUT2D eigenvalue weighted by Gasteiger charge is -2.12. The zero-order chi connectivity index (χ0) is 18.1. The average molecular weight is 469 g/mol. The highest BCUT2D eigenvalue weighted by Crippen LogP contribution is 2.56. The summed E-state index contributed by atoms with van der Waals surface area (Å²) in [7, 11) is 0. The minimum Gasteiger partial charge on any atom is -0.381 e. The number of benzene rings is 2. The van der Waals surface area contributed by atoms with Gasteiger partial charge in [0.1, 0.15) is 71.2 Å². The maximum atomic E-state index is 5.57. The van der Waals surface area contributed by atoms with Gasteiger partial charge in [0.2, 0.25) is 11.5 Å². The molecule has 0 aromatic heterocycles. The summed E-state index contributed by atoms with van der Waals surface area (Å²) in [6.45, 7) is 0. The quantitative estimate of drug-likeness (QED) is 0.414. The van der Waals surface area contributed by atoms with E-state index in [9.17, 15) is 0 Å². The second kappa shape index (κ2) is 7.70. The first-order valence-corrected chi connectivity index (χ1v) is 8.11. The van der Waals surface area contributed by atoms with E-state index in [1.165, 1.54) is 0 Å². The van der Waals surface area contributed by atoms with E-state index in [1.807, 2.05) is 0 Å². The van der Waals surface area contributed by atoms with Gasteiger partial charge in [-0.15, -0.1) is 0 Å². The van der Waals surface area contributed by atoms with Crippen molar-refractivity contribution in [3.63, 3.8) is 0 Å². The Morgan fingerprint density at radius 1 is 0.520 bits per heavy atom. The molecule has 25 heavy (non-hydrogen) atoms. The molecule has 0 unspecified atom stereocenters. The Labute approximate surface area is 171 Å². The molecule has 6 nitrogen and oxygen atoms in total. The highest BCUT2D eigenvalue weighted by Gasteiger charge is 2.34. The van der Waals surface area contributed by atoms with E-state index in [-0.39, 0.29) is 40.9 Å². The summed E-state index contributed by atoms with van der Waals surface area (Å²) < 4.78 is 28.7. The van der Waals surface area contributed by atoms with Crippen LogP contribution in [0.4, 0.5) is 0 Å². The van der Waals surface area contributed by atoms with Crippen molar-refractivity contribution in [2.45, 2.75) is 6.42 Å². The summed E-state index contributed by atoms with van der Waals surface area (Å²) in [5.74, 6) is 0.325. The fraction of sp³-hybridized carbons (Fsp3) is 0.0769. The first-order chi connectivity index (χ1) is 12.1. The first kappa shape index (κ1) is 18.8. The number of rotatable bonds is 6. The van der Waals surface area contributed by atoms with Gasteiger partial charge < -0.3 is 25.7 Å².